The largest absolute Gasteiger partial charge is 0.774 e. The molecule has 0 radical (unpaired) electrons. The molecule has 244 valence electrons. The van der Waals surface area contributed by atoms with Crippen LogP contribution in [0.4, 0.5) is 0 Å². The van der Waals surface area contributed by atoms with Crippen molar-refractivity contribution in [2.75, 3.05) is 48.1 Å². The Morgan fingerprint density at radius 2 is 1.12 bits per heavy atom. The molecule has 0 aliphatic carbocycles. The van der Waals surface area contributed by atoms with Gasteiger partial charge >= 0.3 is 0 Å². The van der Waals surface area contributed by atoms with Crippen molar-refractivity contribution in [1.29, 1.82) is 0 Å². The zero-order chi connectivity index (χ0) is 30.7. The summed E-state index contributed by atoms with van der Waals surface area (Å²) in [6.45, 7) is 5.13. The van der Waals surface area contributed by atoms with Crippen LogP contribution in [-0.4, -0.2) is 64.4 Å². The lowest BCUT2D eigenvalue weighted by molar-refractivity contribution is -0.884. The van der Waals surface area contributed by atoms with Gasteiger partial charge in [-0.2, -0.15) is 0 Å². The van der Waals surface area contributed by atoms with Gasteiger partial charge in [-0.3, -0.25) is 0 Å². The van der Waals surface area contributed by atoms with Gasteiger partial charge in [0.1, 0.15) is 6.10 Å². The summed E-state index contributed by atoms with van der Waals surface area (Å²) in [5.41, 5.74) is 0. The van der Waals surface area contributed by atoms with Crippen LogP contribution in [-0.2, 0) is 18.6 Å². The molecule has 2 unspecified atom stereocenters. The van der Waals surface area contributed by atoms with E-state index in [1.165, 1.54) is 96.3 Å². The summed E-state index contributed by atoms with van der Waals surface area (Å²) >= 11 is 0. The third kappa shape index (κ3) is 24.6. The van der Waals surface area contributed by atoms with Gasteiger partial charge in [-0.05, 0) is 57.8 Å². The van der Waals surface area contributed by atoms with Crippen molar-refractivity contribution in [2.45, 2.75) is 148 Å². The highest BCUT2D eigenvalue weighted by Gasteiger charge is 2.34. The maximum absolute atomic E-state index is 12.6. The second-order valence-electron chi connectivity index (χ2n) is 12.5. The number of allylic oxidation sites excluding steroid dienone is 4. The van der Waals surface area contributed by atoms with E-state index in [9.17, 15) is 9.46 Å². The van der Waals surface area contributed by atoms with Crippen molar-refractivity contribution >= 4 is 7.60 Å². The topological polar surface area (TPSA) is 67.8 Å². The molecular formula is C34H68NO5P. The lowest BCUT2D eigenvalue weighted by Crippen LogP contribution is -2.47. The van der Waals surface area contributed by atoms with Crippen LogP contribution in [0.5, 0.6) is 0 Å². The molecule has 0 bridgehead atoms. The van der Waals surface area contributed by atoms with Crippen molar-refractivity contribution in [3.63, 3.8) is 0 Å². The quantitative estimate of drug-likeness (QED) is 0.0355. The standard InChI is InChI=1S/C34H68NO5P/c1-7-9-10-11-12-13-14-15-16-17-18-19-20-21-22-23-24-25-26-27-28-29-30-39-31-33(38-6)32-40-41(36,37)34(8-2)35(3,4)5/h12-13,24-25,33-34H,7-11,14-23,26-32H2,1-6H3/b13-12-,25-24-/t33-,34?/m1/s1. The second-order valence-corrected chi connectivity index (χ2v) is 14.4. The van der Waals surface area contributed by atoms with Crippen LogP contribution >= 0.6 is 7.60 Å². The SMILES string of the molecule is CCCCC/C=C\CCCCCCCCCC/C=C\CCCCCOC[C@H](COP(=O)([O-])C(CC)[N+](C)(C)C)OC. The van der Waals surface area contributed by atoms with Crippen molar-refractivity contribution < 1.29 is 27.9 Å². The number of ether oxygens (including phenoxy) is 2. The molecule has 0 fully saturated rings. The third-order valence-electron chi connectivity index (χ3n) is 7.66. The zero-order valence-corrected chi connectivity index (χ0v) is 28.9. The Labute approximate surface area is 255 Å². The minimum Gasteiger partial charge on any atom is -0.774 e. The number of methoxy groups -OCH3 is 1. The summed E-state index contributed by atoms with van der Waals surface area (Å²) in [7, 11) is 3.18. The van der Waals surface area contributed by atoms with E-state index in [0.717, 1.165) is 19.3 Å². The Balaban J connectivity index is 3.58. The van der Waals surface area contributed by atoms with Crippen molar-refractivity contribution in [3.8, 4) is 0 Å². The highest BCUT2D eigenvalue weighted by atomic mass is 31.2. The second kappa shape index (κ2) is 27.1. The molecule has 0 heterocycles. The van der Waals surface area contributed by atoms with Gasteiger partial charge in [0.15, 0.2) is 13.4 Å². The molecule has 0 amide bonds. The molecule has 0 saturated carbocycles. The molecule has 0 aromatic rings. The molecular weight excluding hydrogens is 533 g/mol. The number of rotatable bonds is 30. The van der Waals surface area contributed by atoms with Crippen LogP contribution in [0, 0.1) is 0 Å². The van der Waals surface area contributed by atoms with Gasteiger partial charge in [0.05, 0.1) is 34.4 Å². The Morgan fingerprint density at radius 1 is 0.683 bits per heavy atom. The van der Waals surface area contributed by atoms with E-state index in [1.54, 1.807) is 7.11 Å². The third-order valence-corrected chi connectivity index (χ3v) is 9.96. The zero-order valence-electron chi connectivity index (χ0n) is 28.0. The van der Waals surface area contributed by atoms with Gasteiger partial charge in [-0.15, -0.1) is 0 Å². The fourth-order valence-corrected chi connectivity index (χ4v) is 6.92. The summed E-state index contributed by atoms with van der Waals surface area (Å²) in [6, 6.07) is 0. The van der Waals surface area contributed by atoms with E-state index in [1.807, 2.05) is 28.1 Å². The summed E-state index contributed by atoms with van der Waals surface area (Å²) in [6.07, 6.45) is 32.8. The highest BCUT2D eigenvalue weighted by Crippen LogP contribution is 2.47. The number of hydrogen-bond donors (Lipinski definition) is 0. The summed E-state index contributed by atoms with van der Waals surface area (Å²) in [4.78, 5) is 12.6. The maximum atomic E-state index is 12.6. The van der Waals surface area contributed by atoms with Crippen molar-refractivity contribution in [1.82, 2.24) is 0 Å². The van der Waals surface area contributed by atoms with Crippen molar-refractivity contribution in [3.05, 3.63) is 24.3 Å². The predicted octanol–water partition coefficient (Wildman–Crippen LogP) is 9.18. The number of unbranched alkanes of at least 4 members (excludes halogenated alkanes) is 15. The van der Waals surface area contributed by atoms with Gasteiger partial charge in [0.2, 0.25) is 0 Å². The van der Waals surface area contributed by atoms with E-state index in [-0.39, 0.29) is 12.7 Å². The molecule has 0 aliphatic rings. The first kappa shape index (κ1) is 40.5. The number of nitrogens with zero attached hydrogens (tertiary/aromatic N) is 1. The molecule has 41 heavy (non-hydrogen) atoms. The van der Waals surface area contributed by atoms with Gasteiger partial charge in [-0.25, -0.2) is 0 Å². The van der Waals surface area contributed by atoms with Gasteiger partial charge in [0, 0.05) is 20.1 Å². The Bertz CT molecular complexity index is 677. The fraction of sp³-hybridized carbons (Fsp3) is 0.882. The molecule has 0 rings (SSSR count). The minimum atomic E-state index is -4.00. The predicted molar refractivity (Wildman–Crippen MR) is 174 cm³/mol. The first-order valence-electron chi connectivity index (χ1n) is 16.9. The Hall–Kier alpha value is -0.490. The van der Waals surface area contributed by atoms with E-state index >= 15 is 0 Å². The molecule has 0 N–H and O–H groups in total. The van der Waals surface area contributed by atoms with E-state index in [0.29, 0.717) is 24.1 Å². The number of quaternary nitrogens is 1. The van der Waals surface area contributed by atoms with Crippen LogP contribution in [0.1, 0.15) is 136 Å². The first-order valence-corrected chi connectivity index (χ1v) is 18.5. The van der Waals surface area contributed by atoms with Crippen molar-refractivity contribution in [2.24, 2.45) is 0 Å². The Morgan fingerprint density at radius 3 is 1.54 bits per heavy atom. The summed E-state index contributed by atoms with van der Waals surface area (Å²) in [5, 5.41) is 0. The monoisotopic (exact) mass is 601 g/mol. The van der Waals surface area contributed by atoms with Crippen LogP contribution in [0.25, 0.3) is 0 Å². The van der Waals surface area contributed by atoms with Crippen LogP contribution in [0.2, 0.25) is 0 Å². The lowest BCUT2D eigenvalue weighted by Gasteiger charge is -2.41. The maximum Gasteiger partial charge on any atom is 0.193 e. The summed E-state index contributed by atoms with van der Waals surface area (Å²) < 4.78 is 29.4. The molecule has 6 nitrogen and oxygen atoms in total. The highest BCUT2D eigenvalue weighted by molar-refractivity contribution is 7.51. The average Bonchev–Trinajstić information content (AvgIpc) is 2.92. The van der Waals surface area contributed by atoms with Crippen LogP contribution in [0.3, 0.4) is 0 Å². The molecule has 0 aromatic heterocycles. The van der Waals surface area contributed by atoms with E-state index < -0.39 is 13.4 Å². The summed E-state index contributed by atoms with van der Waals surface area (Å²) in [5.74, 6) is -0.572. The lowest BCUT2D eigenvalue weighted by atomic mass is 10.1. The molecule has 0 spiro atoms. The molecule has 7 heteroatoms. The van der Waals surface area contributed by atoms with Crippen LogP contribution in [0.15, 0.2) is 24.3 Å². The molecule has 3 atom stereocenters. The molecule has 0 saturated heterocycles. The van der Waals surface area contributed by atoms with Gasteiger partial charge in [-0.1, -0.05) is 95.9 Å². The van der Waals surface area contributed by atoms with Gasteiger partial charge < -0.3 is 27.9 Å². The minimum absolute atomic E-state index is 0.00403. The average molecular weight is 602 g/mol. The van der Waals surface area contributed by atoms with E-state index in [2.05, 4.69) is 31.2 Å². The van der Waals surface area contributed by atoms with E-state index in [4.69, 9.17) is 14.0 Å². The molecule has 0 aromatic carbocycles. The number of hydrogen-bond acceptors (Lipinski definition) is 5. The van der Waals surface area contributed by atoms with Gasteiger partial charge in [0.25, 0.3) is 0 Å². The fourth-order valence-electron chi connectivity index (χ4n) is 5.08. The molecule has 0 aliphatic heterocycles. The first-order chi connectivity index (χ1) is 19.7. The normalized spacial score (nSPS) is 15.6. The smallest absolute Gasteiger partial charge is 0.193 e. The van der Waals surface area contributed by atoms with Crippen LogP contribution < -0.4 is 4.89 Å². The Kier molecular flexibility index (Phi) is 26.8.